The number of nitrogens with one attached hydrogen (secondary N) is 1. The number of nitrogens with zero attached hydrogens (tertiary/aromatic N) is 3. The highest BCUT2D eigenvalue weighted by Crippen LogP contribution is 2.36. The van der Waals surface area contributed by atoms with Crippen LogP contribution in [0.15, 0.2) is 35.4 Å². The lowest BCUT2D eigenvalue weighted by molar-refractivity contribution is -0.118. The van der Waals surface area contributed by atoms with Crippen molar-refractivity contribution >= 4 is 44.0 Å². The first kappa shape index (κ1) is 23.6. The molecule has 174 valence electrons. The molecule has 32 heavy (non-hydrogen) atoms. The van der Waals surface area contributed by atoms with Gasteiger partial charge >= 0.3 is 0 Å². The van der Waals surface area contributed by atoms with Gasteiger partial charge in [0.1, 0.15) is 4.34 Å². The molecule has 4 rings (SSSR count). The summed E-state index contributed by atoms with van der Waals surface area (Å²) >= 11 is 7.18. The molecular formula is C22H29ClN4O3S2. The lowest BCUT2D eigenvalue weighted by Crippen LogP contribution is -2.47. The lowest BCUT2D eigenvalue weighted by Gasteiger charge is -2.31. The van der Waals surface area contributed by atoms with E-state index >= 15 is 0 Å². The third-order valence-electron chi connectivity index (χ3n) is 6.45. The highest BCUT2D eigenvalue weighted by atomic mass is 35.5. The Morgan fingerprint density at radius 1 is 1.19 bits per heavy atom. The molecule has 7 nitrogen and oxygen atoms in total. The van der Waals surface area contributed by atoms with Crippen LogP contribution in [0.1, 0.15) is 43.6 Å². The minimum absolute atomic E-state index is 0.127. The lowest BCUT2D eigenvalue weighted by atomic mass is 9.87. The molecule has 1 aromatic carbocycles. The monoisotopic (exact) mass is 496 g/mol. The molecule has 0 bridgehead atoms. The van der Waals surface area contributed by atoms with E-state index in [1.807, 2.05) is 7.05 Å². The van der Waals surface area contributed by atoms with Crippen molar-refractivity contribution in [3.05, 3.63) is 40.4 Å². The van der Waals surface area contributed by atoms with Crippen LogP contribution in [-0.2, 0) is 14.8 Å². The summed E-state index contributed by atoms with van der Waals surface area (Å²) in [6.07, 6.45) is 6.92. The predicted octanol–water partition coefficient (Wildman–Crippen LogP) is 4.04. The number of halogens is 1. The quantitative estimate of drug-likeness (QED) is 0.625. The zero-order chi connectivity index (χ0) is 22.7. The zero-order valence-corrected chi connectivity index (χ0v) is 20.6. The van der Waals surface area contributed by atoms with Crippen molar-refractivity contribution in [1.82, 2.24) is 14.2 Å². The van der Waals surface area contributed by atoms with Crippen LogP contribution < -0.4 is 5.32 Å². The van der Waals surface area contributed by atoms with E-state index in [1.54, 1.807) is 24.3 Å². The van der Waals surface area contributed by atoms with Gasteiger partial charge in [-0.3, -0.25) is 4.79 Å². The van der Waals surface area contributed by atoms with Gasteiger partial charge < -0.3 is 10.2 Å². The van der Waals surface area contributed by atoms with Gasteiger partial charge in [-0.1, -0.05) is 60.8 Å². The Balaban J connectivity index is 1.53. The summed E-state index contributed by atoms with van der Waals surface area (Å²) < 4.78 is 28.1. The summed E-state index contributed by atoms with van der Waals surface area (Å²) in [7, 11) is -1.54. The number of likely N-dealkylation sites (N-methyl/N-ethyl adjacent to an activating group) is 1. The third kappa shape index (κ3) is 5.51. The standard InChI is InChI=1S/C22H29ClN4O3S2/c1-26-10-12-27(13-11-26)32(29,30)18-8-6-17(7-9-18)19(14-16-4-2-3-5-16)21(28)25-22-24-15-20(23)31-22/h6-9,15-16,19H,2-5,10-14H2,1H3,(H,24,25,28). The number of hydrogen-bond donors (Lipinski definition) is 1. The Morgan fingerprint density at radius 3 is 2.44 bits per heavy atom. The number of rotatable bonds is 7. The van der Waals surface area contributed by atoms with Crippen LogP contribution in [0.5, 0.6) is 0 Å². The maximum Gasteiger partial charge on any atom is 0.243 e. The van der Waals surface area contributed by atoms with Gasteiger partial charge in [-0.2, -0.15) is 4.31 Å². The molecule has 1 amide bonds. The predicted molar refractivity (Wildman–Crippen MR) is 128 cm³/mol. The largest absolute Gasteiger partial charge is 0.304 e. The second-order valence-corrected chi connectivity index (χ2v) is 12.3. The Kier molecular flexibility index (Phi) is 7.51. The number of sulfonamides is 1. The minimum atomic E-state index is -3.53. The molecule has 1 atom stereocenters. The fourth-order valence-electron chi connectivity index (χ4n) is 4.53. The van der Waals surface area contributed by atoms with Gasteiger partial charge in [0.25, 0.3) is 0 Å². The second kappa shape index (κ2) is 10.2. The SMILES string of the molecule is CN1CCN(S(=O)(=O)c2ccc(C(CC3CCCC3)C(=O)Nc3ncc(Cl)s3)cc2)CC1. The molecule has 1 aromatic heterocycles. The van der Waals surface area contributed by atoms with Crippen molar-refractivity contribution in [3.63, 3.8) is 0 Å². The van der Waals surface area contributed by atoms with Crippen LogP contribution in [0.3, 0.4) is 0 Å². The van der Waals surface area contributed by atoms with Crippen LogP contribution in [0.2, 0.25) is 4.34 Å². The number of piperazine rings is 1. The summed E-state index contributed by atoms with van der Waals surface area (Å²) in [4.78, 5) is 19.7. The molecule has 1 saturated carbocycles. The molecule has 2 fully saturated rings. The van der Waals surface area contributed by atoms with Crippen LogP contribution in [0.25, 0.3) is 0 Å². The minimum Gasteiger partial charge on any atom is -0.304 e. The topological polar surface area (TPSA) is 82.6 Å². The Morgan fingerprint density at radius 2 is 1.84 bits per heavy atom. The smallest absolute Gasteiger partial charge is 0.243 e. The third-order valence-corrected chi connectivity index (χ3v) is 9.39. The fourth-order valence-corrected chi connectivity index (χ4v) is 6.77. The van der Waals surface area contributed by atoms with E-state index in [0.29, 0.717) is 28.5 Å². The Bertz CT molecular complexity index is 1030. The van der Waals surface area contributed by atoms with Gasteiger partial charge in [0.05, 0.1) is 17.0 Å². The van der Waals surface area contributed by atoms with Crippen LogP contribution in [0.4, 0.5) is 5.13 Å². The van der Waals surface area contributed by atoms with Gasteiger partial charge in [-0.25, -0.2) is 13.4 Å². The van der Waals surface area contributed by atoms with E-state index in [2.05, 4.69) is 15.2 Å². The molecule has 2 aliphatic rings. The molecule has 0 spiro atoms. The van der Waals surface area contributed by atoms with Crippen LogP contribution in [0, 0.1) is 5.92 Å². The average molecular weight is 497 g/mol. The Labute approximate surface area is 198 Å². The molecule has 10 heteroatoms. The van der Waals surface area contributed by atoms with Crippen molar-refractivity contribution in [2.75, 3.05) is 38.5 Å². The van der Waals surface area contributed by atoms with Gasteiger partial charge in [-0.15, -0.1) is 0 Å². The summed E-state index contributed by atoms with van der Waals surface area (Å²) in [5.41, 5.74) is 0.828. The van der Waals surface area contributed by atoms with Gasteiger partial charge in [0.15, 0.2) is 5.13 Å². The zero-order valence-electron chi connectivity index (χ0n) is 18.2. The number of aromatic nitrogens is 1. The molecule has 0 radical (unpaired) electrons. The molecule has 2 aromatic rings. The highest BCUT2D eigenvalue weighted by molar-refractivity contribution is 7.89. The molecule has 1 saturated heterocycles. The second-order valence-electron chi connectivity index (χ2n) is 8.67. The van der Waals surface area contributed by atoms with E-state index in [4.69, 9.17) is 11.6 Å². The molecule has 1 unspecified atom stereocenters. The van der Waals surface area contributed by atoms with E-state index in [1.165, 1.54) is 34.7 Å². The summed E-state index contributed by atoms with van der Waals surface area (Å²) in [5, 5.41) is 3.37. The van der Waals surface area contributed by atoms with Gasteiger partial charge in [-0.05, 0) is 37.1 Å². The first-order valence-electron chi connectivity index (χ1n) is 11.0. The summed E-state index contributed by atoms with van der Waals surface area (Å²) in [6.45, 7) is 2.43. The van der Waals surface area contributed by atoms with Gasteiger partial charge in [0.2, 0.25) is 15.9 Å². The molecule has 2 heterocycles. The van der Waals surface area contributed by atoms with Crippen molar-refractivity contribution in [2.45, 2.75) is 42.9 Å². The number of anilines is 1. The van der Waals surface area contributed by atoms with Crippen molar-refractivity contribution in [1.29, 1.82) is 0 Å². The first-order chi connectivity index (χ1) is 15.3. The van der Waals surface area contributed by atoms with Crippen molar-refractivity contribution < 1.29 is 13.2 Å². The number of carbonyl (C=O) groups excluding carboxylic acids is 1. The number of benzene rings is 1. The average Bonchev–Trinajstić information content (AvgIpc) is 3.44. The molecule has 1 N–H and O–H groups in total. The summed E-state index contributed by atoms with van der Waals surface area (Å²) in [5.74, 6) is 0.0122. The molecular weight excluding hydrogens is 468 g/mol. The van der Waals surface area contributed by atoms with E-state index in [-0.39, 0.29) is 16.7 Å². The van der Waals surface area contributed by atoms with E-state index < -0.39 is 10.0 Å². The first-order valence-corrected chi connectivity index (χ1v) is 13.7. The number of hydrogen-bond acceptors (Lipinski definition) is 6. The number of carbonyl (C=O) groups is 1. The number of amides is 1. The molecule has 1 aliphatic heterocycles. The van der Waals surface area contributed by atoms with E-state index in [9.17, 15) is 13.2 Å². The van der Waals surface area contributed by atoms with Crippen LogP contribution in [-0.4, -0.2) is 61.7 Å². The normalized spacial score (nSPS) is 19.8. The fraction of sp³-hybridized carbons (Fsp3) is 0.545. The van der Waals surface area contributed by atoms with Crippen molar-refractivity contribution in [2.24, 2.45) is 5.92 Å². The number of thiazole rings is 1. The maximum atomic E-state index is 13.2. The Hall–Kier alpha value is -1.52. The highest BCUT2D eigenvalue weighted by Gasteiger charge is 2.30. The van der Waals surface area contributed by atoms with Crippen molar-refractivity contribution in [3.8, 4) is 0 Å². The van der Waals surface area contributed by atoms with E-state index in [0.717, 1.165) is 37.9 Å². The van der Waals surface area contributed by atoms with Crippen LogP contribution >= 0.6 is 22.9 Å². The maximum absolute atomic E-state index is 13.2. The molecule has 1 aliphatic carbocycles. The summed E-state index contributed by atoms with van der Waals surface area (Å²) in [6, 6.07) is 6.85. The van der Waals surface area contributed by atoms with Gasteiger partial charge in [0, 0.05) is 26.2 Å².